The number of ether oxygens (including phenoxy) is 1. The Balaban J connectivity index is 1.46. The van der Waals surface area contributed by atoms with Gasteiger partial charge in [-0.05, 0) is 26.0 Å². The van der Waals surface area contributed by atoms with Crippen LogP contribution in [0.5, 0.6) is 0 Å². The van der Waals surface area contributed by atoms with Crippen molar-refractivity contribution in [1.29, 1.82) is 0 Å². The molecule has 174 valence electrons. The molecule has 2 heterocycles. The van der Waals surface area contributed by atoms with Gasteiger partial charge in [-0.3, -0.25) is 10.1 Å². The van der Waals surface area contributed by atoms with Crippen molar-refractivity contribution in [3.63, 3.8) is 0 Å². The standard InChI is InChI=1S/C23H22N6O3S2/c1-3-32-22(31)25-21-26-27-23(34-21)33-14-20(30)24-19-13-18(16-11-9-15(2)10-12-16)28-29(19)17-7-5-4-6-8-17/h4-13H,3,14H2,1-2H3,(H,24,30)(H,25,26,31). The normalized spacial score (nSPS) is 10.6. The number of anilines is 2. The number of thioether (sulfide) groups is 1. The maximum absolute atomic E-state index is 12.7. The SMILES string of the molecule is CCOC(=O)Nc1nnc(SCC(=O)Nc2cc(-c3ccc(C)cc3)nn2-c2ccccc2)s1. The van der Waals surface area contributed by atoms with Gasteiger partial charge in [-0.25, -0.2) is 9.48 Å². The van der Waals surface area contributed by atoms with Gasteiger partial charge in [0, 0.05) is 11.6 Å². The van der Waals surface area contributed by atoms with E-state index in [0.29, 0.717) is 15.3 Å². The van der Waals surface area contributed by atoms with Gasteiger partial charge in [0.2, 0.25) is 11.0 Å². The Kier molecular flexibility index (Phi) is 7.55. The topological polar surface area (TPSA) is 111 Å². The van der Waals surface area contributed by atoms with Crippen molar-refractivity contribution in [2.24, 2.45) is 0 Å². The Hall–Kier alpha value is -3.70. The first-order valence-corrected chi connectivity index (χ1v) is 12.2. The van der Waals surface area contributed by atoms with Crippen LogP contribution in [0.4, 0.5) is 15.7 Å². The molecule has 2 amide bonds. The second-order valence-electron chi connectivity index (χ2n) is 7.08. The number of carbonyl (C=O) groups excluding carboxylic acids is 2. The van der Waals surface area contributed by atoms with Crippen molar-refractivity contribution >= 4 is 46.0 Å². The fourth-order valence-corrected chi connectivity index (χ4v) is 4.52. The maximum Gasteiger partial charge on any atom is 0.413 e. The van der Waals surface area contributed by atoms with Crippen LogP contribution in [-0.4, -0.2) is 44.3 Å². The third-order valence-corrected chi connectivity index (χ3v) is 6.51. The van der Waals surface area contributed by atoms with Crippen molar-refractivity contribution in [2.45, 2.75) is 18.2 Å². The minimum Gasteiger partial charge on any atom is -0.450 e. The minimum absolute atomic E-state index is 0.119. The van der Waals surface area contributed by atoms with Gasteiger partial charge >= 0.3 is 6.09 Å². The highest BCUT2D eigenvalue weighted by atomic mass is 32.2. The first-order valence-electron chi connectivity index (χ1n) is 10.4. The van der Waals surface area contributed by atoms with Gasteiger partial charge in [0.25, 0.3) is 0 Å². The Morgan fingerprint density at radius 1 is 1.06 bits per heavy atom. The molecule has 0 fully saturated rings. The predicted octanol–water partition coefficient (Wildman–Crippen LogP) is 5.00. The lowest BCUT2D eigenvalue weighted by molar-refractivity contribution is -0.113. The van der Waals surface area contributed by atoms with Crippen LogP contribution < -0.4 is 10.6 Å². The molecule has 2 aromatic carbocycles. The molecule has 11 heteroatoms. The minimum atomic E-state index is -0.591. The smallest absolute Gasteiger partial charge is 0.413 e. The molecule has 0 radical (unpaired) electrons. The van der Waals surface area contributed by atoms with E-state index in [4.69, 9.17) is 9.84 Å². The molecule has 0 spiro atoms. The number of para-hydroxylation sites is 1. The molecule has 0 aliphatic rings. The van der Waals surface area contributed by atoms with Crippen LogP contribution in [-0.2, 0) is 9.53 Å². The largest absolute Gasteiger partial charge is 0.450 e. The molecule has 0 bridgehead atoms. The number of aromatic nitrogens is 4. The summed E-state index contributed by atoms with van der Waals surface area (Å²) < 4.78 is 7.08. The summed E-state index contributed by atoms with van der Waals surface area (Å²) in [6, 6.07) is 19.5. The highest BCUT2D eigenvalue weighted by molar-refractivity contribution is 8.01. The zero-order valence-electron chi connectivity index (χ0n) is 18.5. The lowest BCUT2D eigenvalue weighted by Crippen LogP contribution is -2.16. The van der Waals surface area contributed by atoms with E-state index in [2.05, 4.69) is 20.8 Å². The maximum atomic E-state index is 12.7. The summed E-state index contributed by atoms with van der Waals surface area (Å²) in [6.07, 6.45) is -0.591. The van der Waals surface area contributed by atoms with Gasteiger partial charge in [-0.2, -0.15) is 5.10 Å². The Morgan fingerprint density at radius 2 is 1.82 bits per heavy atom. The summed E-state index contributed by atoms with van der Waals surface area (Å²) in [5.41, 5.74) is 3.71. The average molecular weight is 495 g/mol. The van der Waals surface area contributed by atoms with Crippen molar-refractivity contribution in [3.8, 4) is 16.9 Å². The quantitative estimate of drug-likeness (QED) is 0.262. The molecule has 4 rings (SSSR count). The Labute approximate surface area is 204 Å². The van der Waals surface area contributed by atoms with Crippen molar-refractivity contribution < 1.29 is 14.3 Å². The van der Waals surface area contributed by atoms with Crippen LogP contribution in [0, 0.1) is 6.92 Å². The zero-order chi connectivity index (χ0) is 23.9. The van der Waals surface area contributed by atoms with Crippen LogP contribution in [0.2, 0.25) is 0 Å². The molecule has 4 aromatic rings. The van der Waals surface area contributed by atoms with Crippen LogP contribution in [0.3, 0.4) is 0 Å². The Morgan fingerprint density at radius 3 is 2.56 bits per heavy atom. The molecular weight excluding hydrogens is 472 g/mol. The molecule has 0 saturated carbocycles. The molecule has 34 heavy (non-hydrogen) atoms. The van der Waals surface area contributed by atoms with Crippen LogP contribution in [0.25, 0.3) is 16.9 Å². The lowest BCUT2D eigenvalue weighted by atomic mass is 10.1. The van der Waals surface area contributed by atoms with E-state index < -0.39 is 6.09 Å². The monoisotopic (exact) mass is 494 g/mol. The van der Waals surface area contributed by atoms with E-state index in [9.17, 15) is 9.59 Å². The summed E-state index contributed by atoms with van der Waals surface area (Å²) in [5.74, 6) is 0.468. The molecule has 2 N–H and O–H groups in total. The van der Waals surface area contributed by atoms with E-state index in [-0.39, 0.29) is 18.3 Å². The number of aryl methyl sites for hydroxylation is 1. The molecule has 0 aliphatic carbocycles. The van der Waals surface area contributed by atoms with Crippen molar-refractivity contribution in [2.75, 3.05) is 23.0 Å². The molecule has 0 atom stereocenters. The van der Waals surface area contributed by atoms with Crippen LogP contribution in [0.1, 0.15) is 12.5 Å². The summed E-state index contributed by atoms with van der Waals surface area (Å²) in [4.78, 5) is 24.2. The average Bonchev–Trinajstić information content (AvgIpc) is 3.46. The number of amides is 2. The molecule has 0 unspecified atom stereocenters. The summed E-state index contributed by atoms with van der Waals surface area (Å²) in [6.45, 7) is 4.01. The van der Waals surface area contributed by atoms with E-state index in [1.807, 2.05) is 67.6 Å². The van der Waals surface area contributed by atoms with Gasteiger partial charge in [-0.15, -0.1) is 10.2 Å². The molecule has 2 aromatic heterocycles. The number of nitrogens with zero attached hydrogens (tertiary/aromatic N) is 4. The highest BCUT2D eigenvalue weighted by Gasteiger charge is 2.15. The predicted molar refractivity (Wildman–Crippen MR) is 134 cm³/mol. The number of nitrogens with one attached hydrogen (secondary N) is 2. The number of hydrogen-bond acceptors (Lipinski definition) is 8. The van der Waals surface area contributed by atoms with E-state index in [0.717, 1.165) is 22.5 Å². The van der Waals surface area contributed by atoms with Gasteiger partial charge in [0.15, 0.2) is 4.34 Å². The number of rotatable bonds is 8. The van der Waals surface area contributed by atoms with Crippen LogP contribution >= 0.6 is 23.1 Å². The third kappa shape index (κ3) is 6.00. The fourth-order valence-electron chi connectivity index (χ4n) is 2.98. The molecule has 0 saturated heterocycles. The number of hydrogen-bond donors (Lipinski definition) is 2. The van der Waals surface area contributed by atoms with Gasteiger partial charge < -0.3 is 10.1 Å². The molecule has 0 aliphatic heterocycles. The summed E-state index contributed by atoms with van der Waals surface area (Å²) in [5, 5.41) is 18.3. The second-order valence-corrected chi connectivity index (χ2v) is 9.28. The Bertz CT molecular complexity index is 1270. The van der Waals surface area contributed by atoms with E-state index >= 15 is 0 Å². The first-order chi connectivity index (χ1) is 16.5. The molecule has 9 nitrogen and oxygen atoms in total. The third-order valence-electron chi connectivity index (χ3n) is 4.54. The van der Waals surface area contributed by atoms with Gasteiger partial charge in [-0.1, -0.05) is 71.1 Å². The van der Waals surface area contributed by atoms with E-state index in [1.54, 1.807) is 11.6 Å². The van der Waals surface area contributed by atoms with Crippen LogP contribution in [0.15, 0.2) is 65.0 Å². The van der Waals surface area contributed by atoms with Crippen molar-refractivity contribution in [1.82, 2.24) is 20.0 Å². The second kappa shape index (κ2) is 10.9. The van der Waals surface area contributed by atoms with E-state index in [1.165, 1.54) is 23.1 Å². The summed E-state index contributed by atoms with van der Waals surface area (Å²) in [7, 11) is 0. The number of benzene rings is 2. The first kappa shape index (κ1) is 23.5. The summed E-state index contributed by atoms with van der Waals surface area (Å²) >= 11 is 2.40. The zero-order valence-corrected chi connectivity index (χ0v) is 20.2. The fraction of sp³-hybridized carbons (Fsp3) is 0.174. The number of carbonyl (C=O) groups is 2. The van der Waals surface area contributed by atoms with Gasteiger partial charge in [0.05, 0.1) is 23.7 Å². The molecular formula is C23H22N6O3S2. The van der Waals surface area contributed by atoms with Gasteiger partial charge in [0.1, 0.15) is 5.82 Å². The van der Waals surface area contributed by atoms with Crippen molar-refractivity contribution in [3.05, 3.63) is 66.2 Å². The lowest BCUT2D eigenvalue weighted by Gasteiger charge is -2.08. The highest BCUT2D eigenvalue weighted by Crippen LogP contribution is 2.27.